The quantitative estimate of drug-likeness (QED) is 0.611. The smallest absolute Gasteiger partial charge is 0.119 e. The summed E-state index contributed by atoms with van der Waals surface area (Å²) in [4.78, 5) is 0. The second-order valence-corrected chi connectivity index (χ2v) is 3.58. The van der Waals surface area contributed by atoms with Crippen LogP contribution in [-0.2, 0) is 4.74 Å². The van der Waals surface area contributed by atoms with Crippen LogP contribution in [0.25, 0.3) is 0 Å². The first-order chi connectivity index (χ1) is 6.20. The average molecular weight is 184 g/mol. The summed E-state index contributed by atoms with van der Waals surface area (Å²) in [6.45, 7) is 5.65. The van der Waals surface area contributed by atoms with Crippen molar-refractivity contribution in [2.45, 2.75) is 32.7 Å². The first-order valence-electron chi connectivity index (χ1n) is 4.85. The Morgan fingerprint density at radius 2 is 2.15 bits per heavy atom. The first-order valence-corrected chi connectivity index (χ1v) is 4.85. The van der Waals surface area contributed by atoms with Crippen LogP contribution in [0.1, 0.15) is 26.7 Å². The van der Waals surface area contributed by atoms with Gasteiger partial charge in [-0.2, -0.15) is 5.26 Å². The second kappa shape index (κ2) is 8.03. The molecule has 0 saturated heterocycles. The number of hydrogen-bond donors (Lipinski definition) is 1. The number of ether oxygens (including phenoxy) is 1. The van der Waals surface area contributed by atoms with E-state index in [1.807, 2.05) is 0 Å². The van der Waals surface area contributed by atoms with Gasteiger partial charge in [-0.3, -0.25) is 0 Å². The van der Waals surface area contributed by atoms with Crippen molar-refractivity contribution in [1.82, 2.24) is 5.32 Å². The van der Waals surface area contributed by atoms with Crippen molar-refractivity contribution in [2.75, 3.05) is 20.3 Å². The molecular weight excluding hydrogens is 164 g/mol. The fourth-order valence-electron chi connectivity index (χ4n) is 0.980. The largest absolute Gasteiger partial charge is 0.379 e. The molecule has 0 heterocycles. The zero-order chi connectivity index (χ0) is 10.1. The molecule has 3 nitrogen and oxygen atoms in total. The van der Waals surface area contributed by atoms with Gasteiger partial charge in [-0.15, -0.1) is 0 Å². The average Bonchev–Trinajstić information content (AvgIpc) is 2.11. The molecule has 0 fully saturated rings. The number of nitrogens with one attached hydrogen (secondary N) is 1. The maximum Gasteiger partial charge on any atom is 0.119 e. The predicted octanol–water partition coefficient (Wildman–Crippen LogP) is 1.55. The van der Waals surface area contributed by atoms with Crippen LogP contribution < -0.4 is 5.32 Å². The van der Waals surface area contributed by atoms with Gasteiger partial charge in [-0.25, -0.2) is 0 Å². The van der Waals surface area contributed by atoms with Crippen molar-refractivity contribution < 1.29 is 4.74 Å². The van der Waals surface area contributed by atoms with Gasteiger partial charge in [0.1, 0.15) is 6.04 Å². The molecule has 0 radical (unpaired) electrons. The zero-order valence-electron chi connectivity index (χ0n) is 8.84. The molecule has 1 N–H and O–H groups in total. The highest BCUT2D eigenvalue weighted by Crippen LogP contribution is 2.03. The van der Waals surface area contributed by atoms with E-state index < -0.39 is 0 Å². The zero-order valence-corrected chi connectivity index (χ0v) is 8.84. The van der Waals surface area contributed by atoms with Gasteiger partial charge in [0.25, 0.3) is 0 Å². The van der Waals surface area contributed by atoms with E-state index in [-0.39, 0.29) is 6.04 Å². The van der Waals surface area contributed by atoms with Crippen LogP contribution in [0.15, 0.2) is 0 Å². The molecular formula is C10H20N2O. The summed E-state index contributed by atoms with van der Waals surface area (Å²) in [5, 5.41) is 11.4. The van der Waals surface area contributed by atoms with Crippen LogP contribution >= 0.6 is 0 Å². The van der Waals surface area contributed by atoms with Crippen molar-refractivity contribution in [3.05, 3.63) is 0 Å². The van der Waals surface area contributed by atoms with Crippen molar-refractivity contribution in [1.29, 1.82) is 5.26 Å². The molecule has 0 saturated carbocycles. The summed E-state index contributed by atoms with van der Waals surface area (Å²) in [7, 11) is 1.77. The van der Waals surface area contributed by atoms with Crippen LogP contribution in [0, 0.1) is 17.2 Å². The molecule has 0 aromatic heterocycles. The summed E-state index contributed by atoms with van der Waals surface area (Å²) in [5.74, 6) is 0.736. The first kappa shape index (κ1) is 12.4. The minimum Gasteiger partial charge on any atom is -0.379 e. The minimum atomic E-state index is -0.168. The third kappa shape index (κ3) is 7.76. The Bertz CT molecular complexity index is 151. The lowest BCUT2D eigenvalue weighted by molar-refractivity contribution is 0.119. The van der Waals surface area contributed by atoms with Gasteiger partial charge < -0.3 is 10.1 Å². The number of nitrogens with zero attached hydrogens (tertiary/aromatic N) is 1. The maximum atomic E-state index is 8.58. The van der Waals surface area contributed by atoms with Crippen molar-refractivity contribution in [3.63, 3.8) is 0 Å². The normalized spacial score (nSPS) is 12.8. The number of hydrogen-bond acceptors (Lipinski definition) is 3. The summed E-state index contributed by atoms with van der Waals surface area (Å²) in [5.41, 5.74) is 0. The van der Waals surface area contributed by atoms with Gasteiger partial charge in [0.15, 0.2) is 0 Å². The molecule has 0 bridgehead atoms. The van der Waals surface area contributed by atoms with E-state index in [1.165, 1.54) is 6.42 Å². The van der Waals surface area contributed by atoms with Gasteiger partial charge in [0.05, 0.1) is 12.7 Å². The molecule has 0 aliphatic rings. The van der Waals surface area contributed by atoms with Crippen LogP contribution in [0.3, 0.4) is 0 Å². The van der Waals surface area contributed by atoms with Gasteiger partial charge in [0, 0.05) is 6.61 Å². The van der Waals surface area contributed by atoms with E-state index >= 15 is 0 Å². The number of likely N-dealkylation sites (N-methyl/N-ethyl adjacent to an activating group) is 1. The predicted molar refractivity (Wildman–Crippen MR) is 53.4 cm³/mol. The third-order valence-corrected chi connectivity index (χ3v) is 1.86. The standard InChI is InChI=1S/C10H20N2O/c1-9(2)5-4-6-13-8-10(7-11)12-3/h9-10,12H,4-6,8H2,1-3H3. The van der Waals surface area contributed by atoms with E-state index in [2.05, 4.69) is 25.2 Å². The Labute approximate surface area is 81.1 Å². The van der Waals surface area contributed by atoms with E-state index in [0.717, 1.165) is 18.9 Å². The highest BCUT2D eigenvalue weighted by Gasteiger charge is 2.02. The molecule has 3 heteroatoms. The Morgan fingerprint density at radius 1 is 1.46 bits per heavy atom. The van der Waals surface area contributed by atoms with E-state index in [0.29, 0.717) is 6.61 Å². The Kier molecular flexibility index (Phi) is 7.66. The molecule has 0 spiro atoms. The lowest BCUT2D eigenvalue weighted by Crippen LogP contribution is -2.28. The highest BCUT2D eigenvalue weighted by atomic mass is 16.5. The summed E-state index contributed by atoms with van der Waals surface area (Å²) < 4.78 is 5.34. The molecule has 0 aliphatic carbocycles. The molecule has 0 amide bonds. The van der Waals surface area contributed by atoms with Gasteiger partial charge >= 0.3 is 0 Å². The maximum absolute atomic E-state index is 8.58. The molecule has 0 aliphatic heterocycles. The lowest BCUT2D eigenvalue weighted by atomic mass is 10.1. The molecule has 0 rings (SSSR count). The topological polar surface area (TPSA) is 45.0 Å². The molecule has 76 valence electrons. The van der Waals surface area contributed by atoms with Crippen LogP contribution in [0.4, 0.5) is 0 Å². The minimum absolute atomic E-state index is 0.168. The molecule has 0 aromatic carbocycles. The number of rotatable bonds is 7. The van der Waals surface area contributed by atoms with Crippen molar-refractivity contribution in [2.24, 2.45) is 5.92 Å². The van der Waals surface area contributed by atoms with Crippen molar-refractivity contribution in [3.8, 4) is 6.07 Å². The molecule has 13 heavy (non-hydrogen) atoms. The number of nitriles is 1. The van der Waals surface area contributed by atoms with Crippen LogP contribution in [0.5, 0.6) is 0 Å². The Balaban J connectivity index is 3.21. The van der Waals surface area contributed by atoms with E-state index in [1.54, 1.807) is 7.05 Å². The third-order valence-electron chi connectivity index (χ3n) is 1.86. The lowest BCUT2D eigenvalue weighted by Gasteiger charge is -2.09. The summed E-state index contributed by atoms with van der Waals surface area (Å²) in [6, 6.07) is 1.95. The van der Waals surface area contributed by atoms with Gasteiger partial charge in [-0.05, 0) is 25.8 Å². The molecule has 1 atom stereocenters. The monoisotopic (exact) mass is 184 g/mol. The fraction of sp³-hybridized carbons (Fsp3) is 0.900. The fourth-order valence-corrected chi connectivity index (χ4v) is 0.980. The highest BCUT2D eigenvalue weighted by molar-refractivity contribution is 4.88. The van der Waals surface area contributed by atoms with E-state index in [9.17, 15) is 0 Å². The van der Waals surface area contributed by atoms with Crippen molar-refractivity contribution >= 4 is 0 Å². The van der Waals surface area contributed by atoms with E-state index in [4.69, 9.17) is 10.00 Å². The summed E-state index contributed by atoms with van der Waals surface area (Å²) >= 11 is 0. The van der Waals surface area contributed by atoms with Crippen LogP contribution in [-0.4, -0.2) is 26.3 Å². The Morgan fingerprint density at radius 3 is 2.62 bits per heavy atom. The summed E-state index contributed by atoms with van der Waals surface area (Å²) in [6.07, 6.45) is 2.27. The second-order valence-electron chi connectivity index (χ2n) is 3.58. The Hall–Kier alpha value is -0.590. The molecule has 0 aromatic rings. The SMILES string of the molecule is CNC(C#N)COCCCC(C)C. The van der Waals surface area contributed by atoms with Gasteiger partial charge in [0.2, 0.25) is 0 Å². The van der Waals surface area contributed by atoms with Crippen LogP contribution in [0.2, 0.25) is 0 Å². The van der Waals surface area contributed by atoms with Gasteiger partial charge in [-0.1, -0.05) is 13.8 Å². The molecule has 1 unspecified atom stereocenters.